The number of carbonyl (C=O) groups is 1. The third kappa shape index (κ3) is 5.17. The van der Waals surface area contributed by atoms with Crippen molar-refractivity contribution >= 4 is 17.3 Å². The maximum Gasteiger partial charge on any atom is 0.336 e. The van der Waals surface area contributed by atoms with Gasteiger partial charge in [-0.1, -0.05) is 36.4 Å². The van der Waals surface area contributed by atoms with Crippen molar-refractivity contribution in [1.82, 2.24) is 0 Å². The summed E-state index contributed by atoms with van der Waals surface area (Å²) in [5.74, 6) is 0.0468. The van der Waals surface area contributed by atoms with Gasteiger partial charge in [0.2, 0.25) is 0 Å². The largest absolute Gasteiger partial charge is 0.423 e. The second-order valence-electron chi connectivity index (χ2n) is 4.34. The molecule has 0 saturated heterocycles. The molecule has 4 heteroatoms. The number of carbonyl (C=O) groups excluding carboxylic acids is 1. The van der Waals surface area contributed by atoms with Crippen molar-refractivity contribution in [3.63, 3.8) is 0 Å². The molecule has 4 nitrogen and oxygen atoms in total. The maximum atomic E-state index is 11.5. The van der Waals surface area contributed by atoms with Crippen molar-refractivity contribution in [2.45, 2.75) is 6.92 Å². The highest BCUT2D eigenvalue weighted by molar-refractivity contribution is 5.84. The van der Waals surface area contributed by atoms with Crippen LogP contribution >= 0.6 is 0 Å². The lowest BCUT2D eigenvalue weighted by atomic mass is 10.3. The summed E-state index contributed by atoms with van der Waals surface area (Å²) in [7, 11) is 0. The van der Waals surface area contributed by atoms with Gasteiger partial charge >= 0.3 is 5.97 Å². The van der Waals surface area contributed by atoms with E-state index in [0.717, 1.165) is 5.69 Å². The molecule has 0 aliphatic rings. The Bertz CT molecular complexity index is 687. The van der Waals surface area contributed by atoms with Crippen molar-refractivity contribution in [2.24, 2.45) is 10.2 Å². The summed E-state index contributed by atoms with van der Waals surface area (Å²) in [5, 5.41) is 8.23. The van der Waals surface area contributed by atoms with Crippen LogP contribution in [-0.2, 0) is 4.79 Å². The van der Waals surface area contributed by atoms with Gasteiger partial charge in [-0.2, -0.15) is 10.2 Å². The predicted molar refractivity (Wildman–Crippen MR) is 86.6 cm³/mol. The van der Waals surface area contributed by atoms with E-state index in [4.69, 9.17) is 4.74 Å². The van der Waals surface area contributed by atoms with Crippen LogP contribution in [0.4, 0.5) is 11.4 Å². The van der Waals surface area contributed by atoms with E-state index < -0.39 is 5.97 Å². The Labute approximate surface area is 129 Å². The summed E-state index contributed by atoms with van der Waals surface area (Å²) < 4.78 is 5.15. The molecule has 0 N–H and O–H groups in total. The molecule has 0 bridgehead atoms. The Balaban J connectivity index is 1.96. The van der Waals surface area contributed by atoms with E-state index in [9.17, 15) is 4.79 Å². The third-order valence-corrected chi connectivity index (χ3v) is 2.63. The predicted octanol–water partition coefficient (Wildman–Crippen LogP) is 5.14. The van der Waals surface area contributed by atoms with Crippen LogP contribution in [0.25, 0.3) is 0 Å². The van der Waals surface area contributed by atoms with E-state index in [2.05, 4.69) is 10.2 Å². The van der Waals surface area contributed by atoms with Gasteiger partial charge in [0.05, 0.1) is 11.4 Å². The molecule has 2 rings (SSSR count). The Hall–Kier alpha value is -3.01. The monoisotopic (exact) mass is 292 g/mol. The average Bonchev–Trinajstić information content (AvgIpc) is 2.55. The topological polar surface area (TPSA) is 51.0 Å². The minimum absolute atomic E-state index is 0.420. The van der Waals surface area contributed by atoms with Gasteiger partial charge in [0, 0.05) is 6.08 Å². The van der Waals surface area contributed by atoms with Crippen LogP contribution in [0.1, 0.15) is 6.92 Å². The number of rotatable bonds is 5. The summed E-state index contributed by atoms with van der Waals surface area (Å²) in [4.78, 5) is 11.5. The standard InChI is InChI=1S/C18H16N2O2/c1-2-3-5-10-18(21)22-17-13-11-16(12-14-17)20-19-15-8-6-4-7-9-15/h2-14H,1H3. The van der Waals surface area contributed by atoms with Crippen LogP contribution in [-0.4, -0.2) is 5.97 Å². The van der Waals surface area contributed by atoms with Gasteiger partial charge in [-0.05, 0) is 43.3 Å². The highest BCUT2D eigenvalue weighted by Gasteiger charge is 2.00. The fraction of sp³-hybridized carbons (Fsp3) is 0.0556. The molecule has 0 atom stereocenters. The van der Waals surface area contributed by atoms with Gasteiger partial charge < -0.3 is 4.74 Å². The second kappa shape index (κ2) is 8.32. The second-order valence-corrected chi connectivity index (χ2v) is 4.34. The number of ether oxygens (including phenoxy) is 1. The molecule has 0 aliphatic heterocycles. The van der Waals surface area contributed by atoms with Gasteiger partial charge in [-0.25, -0.2) is 4.79 Å². The number of nitrogens with zero attached hydrogens (tertiary/aromatic N) is 2. The Morgan fingerprint density at radius 1 is 0.909 bits per heavy atom. The van der Waals surface area contributed by atoms with E-state index in [1.807, 2.05) is 43.3 Å². The van der Waals surface area contributed by atoms with Crippen molar-refractivity contribution in [1.29, 1.82) is 0 Å². The molecular formula is C18H16N2O2. The minimum Gasteiger partial charge on any atom is -0.423 e. The Kier molecular flexibility index (Phi) is 5.81. The summed E-state index contributed by atoms with van der Waals surface area (Å²) in [6.45, 7) is 1.87. The van der Waals surface area contributed by atoms with Crippen molar-refractivity contribution in [3.8, 4) is 5.75 Å². The fourth-order valence-corrected chi connectivity index (χ4v) is 1.59. The first-order valence-electron chi connectivity index (χ1n) is 6.86. The van der Waals surface area contributed by atoms with E-state index in [-0.39, 0.29) is 0 Å². The molecule has 0 aromatic heterocycles. The smallest absolute Gasteiger partial charge is 0.336 e. The molecular weight excluding hydrogens is 276 g/mol. The average molecular weight is 292 g/mol. The Morgan fingerprint density at radius 2 is 1.55 bits per heavy atom. The zero-order valence-electron chi connectivity index (χ0n) is 12.2. The summed E-state index contributed by atoms with van der Waals surface area (Å²) in [5.41, 5.74) is 1.47. The zero-order chi connectivity index (χ0) is 15.6. The normalized spacial score (nSPS) is 11.5. The summed E-state index contributed by atoms with van der Waals surface area (Å²) >= 11 is 0. The van der Waals surface area contributed by atoms with Crippen LogP contribution in [0, 0.1) is 0 Å². The van der Waals surface area contributed by atoms with E-state index in [1.165, 1.54) is 6.08 Å². The van der Waals surface area contributed by atoms with Crippen LogP contribution in [0.2, 0.25) is 0 Å². The first-order chi connectivity index (χ1) is 10.8. The van der Waals surface area contributed by atoms with Gasteiger partial charge in [0.15, 0.2) is 0 Å². The number of azo groups is 1. The summed E-state index contributed by atoms with van der Waals surface area (Å²) in [6.07, 6.45) is 6.58. The quantitative estimate of drug-likeness (QED) is 0.252. The number of hydrogen-bond acceptors (Lipinski definition) is 4. The molecule has 110 valence electrons. The molecule has 0 radical (unpaired) electrons. The molecule has 2 aromatic carbocycles. The van der Waals surface area contributed by atoms with Crippen LogP contribution in [0.5, 0.6) is 5.75 Å². The molecule has 0 fully saturated rings. The third-order valence-electron chi connectivity index (χ3n) is 2.63. The lowest BCUT2D eigenvalue weighted by Crippen LogP contribution is -2.03. The van der Waals surface area contributed by atoms with Crippen LogP contribution in [0.15, 0.2) is 89.1 Å². The molecule has 0 spiro atoms. The van der Waals surface area contributed by atoms with Crippen LogP contribution < -0.4 is 4.74 Å². The fourth-order valence-electron chi connectivity index (χ4n) is 1.59. The molecule has 0 amide bonds. The van der Waals surface area contributed by atoms with Crippen molar-refractivity contribution in [2.75, 3.05) is 0 Å². The number of hydrogen-bond donors (Lipinski definition) is 0. The van der Waals surface area contributed by atoms with Gasteiger partial charge in [0.25, 0.3) is 0 Å². The lowest BCUT2D eigenvalue weighted by molar-refractivity contribution is -0.128. The zero-order valence-corrected chi connectivity index (χ0v) is 12.2. The Morgan fingerprint density at radius 3 is 2.18 bits per heavy atom. The first-order valence-corrected chi connectivity index (χ1v) is 6.86. The highest BCUT2D eigenvalue weighted by Crippen LogP contribution is 2.21. The SMILES string of the molecule is CC=CC=CC(=O)Oc1ccc(N=Nc2ccccc2)cc1. The van der Waals surface area contributed by atoms with Crippen LogP contribution in [0.3, 0.4) is 0 Å². The molecule has 0 heterocycles. The molecule has 2 aromatic rings. The summed E-state index contributed by atoms with van der Waals surface area (Å²) in [6, 6.07) is 16.3. The molecule has 0 saturated carbocycles. The lowest BCUT2D eigenvalue weighted by Gasteiger charge is -2.00. The molecule has 22 heavy (non-hydrogen) atoms. The number of esters is 1. The first kappa shape index (κ1) is 15.4. The minimum atomic E-state index is -0.420. The highest BCUT2D eigenvalue weighted by atomic mass is 16.5. The maximum absolute atomic E-state index is 11.5. The number of benzene rings is 2. The number of allylic oxidation sites excluding steroid dienone is 3. The van der Waals surface area contributed by atoms with Crippen molar-refractivity contribution in [3.05, 3.63) is 78.9 Å². The van der Waals surface area contributed by atoms with Gasteiger partial charge in [-0.15, -0.1) is 0 Å². The van der Waals surface area contributed by atoms with Gasteiger partial charge in [-0.3, -0.25) is 0 Å². The van der Waals surface area contributed by atoms with E-state index in [0.29, 0.717) is 11.4 Å². The van der Waals surface area contributed by atoms with E-state index in [1.54, 1.807) is 36.4 Å². The van der Waals surface area contributed by atoms with Gasteiger partial charge in [0.1, 0.15) is 5.75 Å². The van der Waals surface area contributed by atoms with E-state index >= 15 is 0 Å². The van der Waals surface area contributed by atoms with Crippen molar-refractivity contribution < 1.29 is 9.53 Å². The molecule has 0 unspecified atom stereocenters. The molecule has 0 aliphatic carbocycles.